The van der Waals surface area contributed by atoms with Crippen molar-refractivity contribution >= 4 is 8.07 Å². The number of allylic oxidation sites excluding steroid dienone is 1. The van der Waals surface area contributed by atoms with Crippen molar-refractivity contribution in [1.82, 2.24) is 0 Å². The van der Waals surface area contributed by atoms with Gasteiger partial charge in [-0.25, -0.2) is 0 Å². The zero-order valence-electron chi connectivity index (χ0n) is 9.36. The fourth-order valence-corrected chi connectivity index (χ4v) is 3.39. The lowest BCUT2D eigenvalue weighted by molar-refractivity contribution is 0.995. The first-order chi connectivity index (χ1) is 5.46. The van der Waals surface area contributed by atoms with Gasteiger partial charge in [-0.2, -0.15) is 0 Å². The van der Waals surface area contributed by atoms with Crippen molar-refractivity contribution in [1.29, 1.82) is 0 Å². The molecule has 0 spiro atoms. The Balaban J connectivity index is 4.85. The predicted molar refractivity (Wildman–Crippen MR) is 60.1 cm³/mol. The van der Waals surface area contributed by atoms with Gasteiger partial charge < -0.3 is 0 Å². The van der Waals surface area contributed by atoms with Crippen LogP contribution in [0.5, 0.6) is 0 Å². The maximum atomic E-state index is 3.41. The fourth-order valence-electron chi connectivity index (χ4n) is 1.27. The molecule has 0 radical (unpaired) electrons. The smallest absolute Gasteiger partial charge is 0.0878 e. The van der Waals surface area contributed by atoms with Gasteiger partial charge in [-0.05, 0) is 30.2 Å². The molecule has 0 rings (SSSR count). The summed E-state index contributed by atoms with van der Waals surface area (Å²) in [5.74, 6) is 0. The topological polar surface area (TPSA) is 0 Å². The van der Waals surface area contributed by atoms with E-state index in [-0.39, 0.29) is 0 Å². The molecule has 0 aliphatic carbocycles. The van der Waals surface area contributed by atoms with Crippen LogP contribution in [0.15, 0.2) is 17.0 Å². The maximum Gasteiger partial charge on any atom is 0.0878 e. The highest BCUT2D eigenvalue weighted by molar-refractivity contribution is 6.85. The van der Waals surface area contributed by atoms with Crippen LogP contribution in [0.1, 0.15) is 34.1 Å². The Kier molecular flexibility index (Phi) is 4.58. The van der Waals surface area contributed by atoms with E-state index in [4.69, 9.17) is 0 Å². The van der Waals surface area contributed by atoms with Crippen LogP contribution in [-0.4, -0.2) is 8.07 Å². The predicted octanol–water partition coefficient (Wildman–Crippen LogP) is 4.16. The van der Waals surface area contributed by atoms with Crippen LogP contribution in [0, 0.1) is 0 Å². The van der Waals surface area contributed by atoms with E-state index in [9.17, 15) is 0 Å². The molecule has 0 unspecified atom stereocenters. The molecule has 0 aromatic rings. The average Bonchev–Trinajstić information content (AvgIpc) is 1.99. The van der Waals surface area contributed by atoms with Crippen LogP contribution in [0.3, 0.4) is 0 Å². The molecule has 0 aromatic heterocycles. The second kappa shape index (κ2) is 4.69. The summed E-state index contributed by atoms with van der Waals surface area (Å²) in [7, 11) is -1.16. The minimum Gasteiger partial charge on any atom is -0.131 e. The molecule has 70 valence electrons. The molecule has 0 saturated carbocycles. The van der Waals surface area contributed by atoms with E-state index in [1.54, 1.807) is 5.20 Å². The van der Waals surface area contributed by atoms with Crippen molar-refractivity contribution in [2.45, 2.75) is 52.8 Å². The van der Waals surface area contributed by atoms with Gasteiger partial charge in [0.1, 0.15) is 0 Å². The standard InChI is InChI=1S/C11H22Si/c1-7-9-11(8-2)12(5,6)10(3)4/h7,10H,8H2,1-6H3. The van der Waals surface area contributed by atoms with Crippen LogP contribution in [0.25, 0.3) is 0 Å². The Morgan fingerprint density at radius 1 is 1.42 bits per heavy atom. The molecule has 0 aromatic carbocycles. The SMILES string of the molecule is CC=C=C(CC)[Si](C)(C)C(C)C. The summed E-state index contributed by atoms with van der Waals surface area (Å²) in [5.41, 5.74) is 4.23. The van der Waals surface area contributed by atoms with Gasteiger partial charge >= 0.3 is 0 Å². The van der Waals surface area contributed by atoms with Crippen LogP contribution < -0.4 is 0 Å². The average molecular weight is 182 g/mol. The minimum atomic E-state index is -1.16. The first-order valence-electron chi connectivity index (χ1n) is 4.87. The van der Waals surface area contributed by atoms with E-state index in [0.29, 0.717) is 0 Å². The molecular weight excluding hydrogens is 160 g/mol. The lowest BCUT2D eigenvalue weighted by Crippen LogP contribution is -2.32. The number of hydrogen-bond donors (Lipinski definition) is 0. The Morgan fingerprint density at radius 2 is 1.92 bits per heavy atom. The van der Waals surface area contributed by atoms with Crippen LogP contribution >= 0.6 is 0 Å². The quantitative estimate of drug-likeness (QED) is 0.454. The highest BCUT2D eigenvalue weighted by Crippen LogP contribution is 2.28. The molecule has 12 heavy (non-hydrogen) atoms. The molecule has 0 saturated heterocycles. The Labute approximate surface area is 78.4 Å². The molecular formula is C11H22Si. The zero-order chi connectivity index (χ0) is 9.78. The van der Waals surface area contributed by atoms with E-state index >= 15 is 0 Å². The first-order valence-corrected chi connectivity index (χ1v) is 7.95. The highest BCUT2D eigenvalue weighted by Gasteiger charge is 2.28. The lowest BCUT2D eigenvalue weighted by Gasteiger charge is -2.28. The molecule has 0 nitrogen and oxygen atoms in total. The zero-order valence-corrected chi connectivity index (χ0v) is 10.4. The fraction of sp³-hybridized carbons (Fsp3) is 0.727. The summed E-state index contributed by atoms with van der Waals surface area (Å²) in [6.45, 7) is 13.8. The second-order valence-electron chi connectivity index (χ2n) is 4.14. The van der Waals surface area contributed by atoms with Crippen LogP contribution in [-0.2, 0) is 0 Å². The molecule has 0 atom stereocenters. The van der Waals surface area contributed by atoms with Crippen molar-refractivity contribution < 1.29 is 0 Å². The van der Waals surface area contributed by atoms with E-state index in [2.05, 4.69) is 52.6 Å². The largest absolute Gasteiger partial charge is 0.131 e. The summed E-state index contributed by atoms with van der Waals surface area (Å²) in [6.07, 6.45) is 3.22. The van der Waals surface area contributed by atoms with Crippen LogP contribution in [0.4, 0.5) is 0 Å². The molecule has 0 aliphatic rings. The summed E-state index contributed by atoms with van der Waals surface area (Å²) in [5, 5.41) is 1.57. The minimum absolute atomic E-state index is 0.819. The number of hydrogen-bond acceptors (Lipinski definition) is 0. The third kappa shape index (κ3) is 2.65. The summed E-state index contributed by atoms with van der Waals surface area (Å²) >= 11 is 0. The maximum absolute atomic E-state index is 3.41. The molecule has 0 fully saturated rings. The lowest BCUT2D eigenvalue weighted by atomic mass is 10.4. The van der Waals surface area contributed by atoms with E-state index in [0.717, 1.165) is 5.54 Å². The Hall–Kier alpha value is -0.263. The van der Waals surface area contributed by atoms with E-state index < -0.39 is 8.07 Å². The summed E-state index contributed by atoms with van der Waals surface area (Å²) < 4.78 is 0. The first kappa shape index (κ1) is 11.7. The van der Waals surface area contributed by atoms with Crippen molar-refractivity contribution in [2.24, 2.45) is 0 Å². The molecule has 0 heterocycles. The normalized spacial score (nSPS) is 11.2. The monoisotopic (exact) mass is 182 g/mol. The van der Waals surface area contributed by atoms with E-state index in [1.165, 1.54) is 6.42 Å². The van der Waals surface area contributed by atoms with Gasteiger partial charge in [0.05, 0.1) is 8.07 Å². The summed E-state index contributed by atoms with van der Waals surface area (Å²) in [4.78, 5) is 0. The molecule has 0 amide bonds. The third-order valence-corrected chi connectivity index (χ3v) is 7.83. The Morgan fingerprint density at radius 3 is 2.17 bits per heavy atom. The molecule has 0 N–H and O–H groups in total. The van der Waals surface area contributed by atoms with Crippen molar-refractivity contribution in [3.63, 3.8) is 0 Å². The summed E-state index contributed by atoms with van der Waals surface area (Å²) in [6, 6.07) is 0. The van der Waals surface area contributed by atoms with Gasteiger partial charge in [-0.15, -0.1) is 5.73 Å². The second-order valence-corrected chi connectivity index (χ2v) is 9.34. The van der Waals surface area contributed by atoms with Gasteiger partial charge in [0.2, 0.25) is 0 Å². The van der Waals surface area contributed by atoms with Crippen LogP contribution in [0.2, 0.25) is 18.6 Å². The van der Waals surface area contributed by atoms with Gasteiger partial charge in [-0.3, -0.25) is 0 Å². The van der Waals surface area contributed by atoms with Gasteiger partial charge in [0.15, 0.2) is 0 Å². The molecule has 0 aliphatic heterocycles. The van der Waals surface area contributed by atoms with Gasteiger partial charge in [0, 0.05) is 0 Å². The van der Waals surface area contributed by atoms with Gasteiger partial charge in [-0.1, -0.05) is 33.9 Å². The highest BCUT2D eigenvalue weighted by atomic mass is 28.3. The number of rotatable bonds is 3. The van der Waals surface area contributed by atoms with Crippen molar-refractivity contribution in [3.8, 4) is 0 Å². The van der Waals surface area contributed by atoms with Gasteiger partial charge in [0.25, 0.3) is 0 Å². The van der Waals surface area contributed by atoms with Crippen molar-refractivity contribution in [3.05, 3.63) is 17.0 Å². The van der Waals surface area contributed by atoms with Crippen molar-refractivity contribution in [2.75, 3.05) is 0 Å². The Bertz CT molecular complexity index is 193. The third-order valence-electron chi connectivity index (χ3n) is 2.89. The molecule has 0 bridgehead atoms. The van der Waals surface area contributed by atoms with E-state index in [1.807, 2.05) is 0 Å². The molecule has 1 heteroatoms.